The molecule has 0 spiro atoms. The summed E-state index contributed by atoms with van der Waals surface area (Å²) in [7, 11) is 0. The van der Waals surface area contributed by atoms with Crippen molar-refractivity contribution in [1.82, 2.24) is 18.3 Å². The Kier molecular flexibility index (Phi) is 12.6. The highest BCUT2D eigenvalue weighted by Gasteiger charge is 2.63. The van der Waals surface area contributed by atoms with Gasteiger partial charge in [0.15, 0.2) is 0 Å². The van der Waals surface area contributed by atoms with Gasteiger partial charge in [-0.05, 0) is 147 Å². The van der Waals surface area contributed by atoms with Gasteiger partial charge in [0.25, 0.3) is 0 Å². The van der Waals surface area contributed by atoms with Crippen LogP contribution in [-0.4, -0.2) is 49.9 Å². The van der Waals surface area contributed by atoms with Gasteiger partial charge < -0.3 is 20.4 Å². The Morgan fingerprint density at radius 2 is 0.810 bits per heavy atom. The van der Waals surface area contributed by atoms with E-state index in [0.717, 1.165) is 86.5 Å². The van der Waals surface area contributed by atoms with Crippen molar-refractivity contribution in [3.8, 4) is 36.2 Å². The smallest absolute Gasteiger partial charge is 0.244 e. The first kappa shape index (κ1) is 53.1. The second-order valence-electron chi connectivity index (χ2n) is 27.3. The number of terminal acetylenes is 2. The van der Waals surface area contributed by atoms with Crippen molar-refractivity contribution < 1.29 is 38.7 Å². The lowest BCUT2D eigenvalue weighted by atomic mass is 9.53. The van der Waals surface area contributed by atoms with Crippen molar-refractivity contribution in [2.75, 3.05) is 0 Å². The van der Waals surface area contributed by atoms with Crippen molar-refractivity contribution in [3.63, 3.8) is 0 Å². The molecule has 84 heavy (non-hydrogen) atoms. The average molecular weight is 1120 g/mol. The number of fused-ring (bicyclic) bond motifs is 26. The number of phenols is 2. The SMILES string of the molecule is C#C[C@]1(O)CC[C@H]2[C@@H]3CCc4c(cc5c(O)c4Cn4cc[n+](c4)Cc4ccccc4C[n+]4ccn(c4)Cc4c(O)c(cc6c4CC[C@@H]4[C@@H]6CC[C@@]6(C)[C@H]4CC[C@@]6(O)C#C)C[n+]4ccn(c4)Cc4ccccc4Cn4cc[n+](c4)C5)[C@H]3CC[C@@]21C. The summed E-state index contributed by atoms with van der Waals surface area (Å²) in [6.07, 6.45) is 48.9. The number of aromatic nitrogens is 8. The number of imidazole rings is 4. The van der Waals surface area contributed by atoms with E-state index in [4.69, 9.17) is 12.8 Å². The summed E-state index contributed by atoms with van der Waals surface area (Å²) in [5.41, 5.74) is 11.4. The van der Waals surface area contributed by atoms with Gasteiger partial charge in [0.05, 0.1) is 0 Å². The summed E-state index contributed by atoms with van der Waals surface area (Å²) < 4.78 is 17.9. The van der Waals surface area contributed by atoms with Crippen LogP contribution in [0.1, 0.15) is 157 Å². The lowest BCUT2D eigenvalue weighted by molar-refractivity contribution is -0.693. The van der Waals surface area contributed by atoms with Crippen LogP contribution in [0, 0.1) is 59.2 Å². The van der Waals surface area contributed by atoms with E-state index in [1.807, 2.05) is 0 Å². The van der Waals surface area contributed by atoms with Crippen LogP contribution in [0.5, 0.6) is 11.5 Å². The predicted octanol–water partition coefficient (Wildman–Crippen LogP) is 8.59. The van der Waals surface area contributed by atoms with E-state index in [2.05, 4.69) is 198 Å². The number of phenolic OH excluding ortho intramolecular Hbond substituents is 2. The maximum atomic E-state index is 12.6. The molecule has 8 aromatic rings. The molecule has 10 atom stereocenters. The molecule has 0 radical (unpaired) electrons. The van der Waals surface area contributed by atoms with Crippen molar-refractivity contribution >= 4 is 0 Å². The molecule has 1 aliphatic heterocycles. The molecule has 4 aromatic carbocycles. The van der Waals surface area contributed by atoms with Gasteiger partial charge in [-0.3, -0.25) is 0 Å². The second kappa shape index (κ2) is 20.0. The zero-order chi connectivity index (χ0) is 57.3. The largest absolute Gasteiger partial charge is 0.507 e. The molecule has 4 aromatic heterocycles. The maximum Gasteiger partial charge on any atom is 0.244 e. The van der Waals surface area contributed by atoms with Gasteiger partial charge in [-0.15, -0.1) is 12.8 Å². The third kappa shape index (κ3) is 8.55. The Balaban J connectivity index is 0.788. The van der Waals surface area contributed by atoms with Crippen LogP contribution in [-0.2, 0) is 65.2 Å². The molecule has 4 saturated carbocycles. The third-order valence-corrected chi connectivity index (χ3v) is 23.2. The Morgan fingerprint density at radius 3 is 1.19 bits per heavy atom. The maximum absolute atomic E-state index is 12.6. The van der Waals surface area contributed by atoms with Gasteiger partial charge >= 0.3 is 0 Å². The second-order valence-corrected chi connectivity index (χ2v) is 27.3. The highest BCUT2D eigenvalue weighted by molar-refractivity contribution is 5.54. The summed E-state index contributed by atoms with van der Waals surface area (Å²) in [6.45, 7) is 9.45. The quantitative estimate of drug-likeness (QED) is 0.0900. The molecule has 0 amide bonds. The summed E-state index contributed by atoms with van der Waals surface area (Å²) >= 11 is 0. The highest BCUT2D eigenvalue weighted by Crippen LogP contribution is 2.66. The molecule has 6 aliphatic carbocycles. The number of hydrogen-bond donors (Lipinski definition) is 4. The average Bonchev–Trinajstić information content (AvgIpc) is 2.90. The highest BCUT2D eigenvalue weighted by atomic mass is 16.3. The first-order chi connectivity index (χ1) is 40.7. The van der Waals surface area contributed by atoms with Crippen LogP contribution in [0.4, 0.5) is 0 Å². The minimum atomic E-state index is -1.06. The summed E-state index contributed by atoms with van der Waals surface area (Å²) in [4.78, 5) is 0. The molecule has 0 unspecified atom stereocenters. The Labute approximate surface area is 493 Å². The number of benzene rings is 4. The van der Waals surface area contributed by atoms with Gasteiger partial charge in [-0.25, -0.2) is 36.5 Å². The molecule has 12 bridgehead atoms. The predicted molar refractivity (Wildman–Crippen MR) is 317 cm³/mol. The van der Waals surface area contributed by atoms with Crippen LogP contribution in [0.15, 0.2) is 136 Å². The number of nitrogens with zero attached hydrogens (tertiary/aromatic N) is 8. The van der Waals surface area contributed by atoms with E-state index in [1.165, 1.54) is 44.5 Å². The van der Waals surface area contributed by atoms with E-state index < -0.39 is 11.2 Å². The van der Waals surface area contributed by atoms with Gasteiger partial charge in [-0.1, -0.05) is 74.2 Å². The molecule has 4 N–H and O–H groups in total. The normalized spacial score (nSPS) is 29.7. The van der Waals surface area contributed by atoms with Crippen LogP contribution in [0.3, 0.4) is 0 Å². The number of aromatic hydroxyl groups is 2. The van der Waals surface area contributed by atoms with Crippen LogP contribution >= 0.6 is 0 Å². The molecule has 0 saturated heterocycles. The van der Waals surface area contributed by atoms with E-state index in [-0.39, 0.29) is 10.8 Å². The number of rotatable bonds is 0. The summed E-state index contributed by atoms with van der Waals surface area (Å²) in [5.74, 6) is 8.75. The monoisotopic (exact) mass is 1120 g/mol. The first-order valence-electron chi connectivity index (χ1n) is 31.2. The van der Waals surface area contributed by atoms with Gasteiger partial charge in [0.1, 0.15) is 125 Å². The van der Waals surface area contributed by atoms with Crippen molar-refractivity contribution in [3.05, 3.63) is 202 Å². The molecular weight excluding hydrogens is 1040 g/mol. The van der Waals surface area contributed by atoms with Crippen molar-refractivity contribution in [1.29, 1.82) is 0 Å². The Hall–Kier alpha value is -7.64. The minimum Gasteiger partial charge on any atom is -0.507 e. The molecule has 428 valence electrons. The standard InChI is InChI=1S/C72H78N8O4/c1-5-71(83)25-21-65-59-17-15-55-61(57(59)19-23-69(65,71)3)35-53-41-77-29-27-73(45-77)37-49-11-7-8-12-50(49)38-74-28-30-78(46-74)42-54-36-62-56(16-18-60-58(62)20-24-70(4)66(60)22-26-72(70,84)6-2)64(68(54)82)44-80-34-32-76(48-80)40-52-14-10-9-13-51(52)39-75-31-33-79(47-75)43-63(55)67(53)81/h1-2,7-14,27-36,45-48,57-60,65-66,83-84H,15-26,37-44H2,3-4H3/q+2/p+2/t57-,58-,59+,60+,65-,66-,69-,70-,71-,72-/m0/s1. The fourth-order valence-electron chi connectivity index (χ4n) is 18.6. The van der Waals surface area contributed by atoms with E-state index in [0.29, 0.717) is 112 Å². The zero-order valence-electron chi connectivity index (χ0n) is 48.8. The molecule has 4 fully saturated rings. The Morgan fingerprint density at radius 1 is 0.452 bits per heavy atom. The van der Waals surface area contributed by atoms with E-state index in [1.54, 1.807) is 0 Å². The van der Waals surface area contributed by atoms with Crippen LogP contribution in [0.25, 0.3) is 0 Å². The molecule has 12 heteroatoms. The Bertz CT molecular complexity index is 3740. The summed E-state index contributed by atoms with van der Waals surface area (Å²) in [6, 6.07) is 22.1. The molecule has 15 rings (SSSR count). The van der Waals surface area contributed by atoms with Crippen molar-refractivity contribution in [2.45, 2.75) is 166 Å². The fraction of sp³-hybridized carbons (Fsp3) is 0.444. The van der Waals surface area contributed by atoms with Crippen LogP contribution in [0.2, 0.25) is 0 Å². The fourth-order valence-corrected chi connectivity index (χ4v) is 18.6. The third-order valence-electron chi connectivity index (χ3n) is 23.2. The van der Waals surface area contributed by atoms with E-state index >= 15 is 0 Å². The summed E-state index contributed by atoms with van der Waals surface area (Å²) in [5, 5.41) is 48.8. The lowest BCUT2D eigenvalue weighted by Crippen LogP contribution is -2.50. The minimum absolute atomic E-state index is 0.295. The number of aliphatic hydroxyl groups is 2. The topological polar surface area (TPSA) is 116 Å². The first-order valence-corrected chi connectivity index (χ1v) is 31.2. The van der Waals surface area contributed by atoms with Gasteiger partial charge in [0, 0.05) is 55.3 Å². The number of hydrogen-bond acceptors (Lipinski definition) is 4. The molecule has 5 heterocycles. The zero-order valence-corrected chi connectivity index (χ0v) is 48.8. The molecular formula is C72H80N8O4+4. The molecule has 12 nitrogen and oxygen atoms in total. The van der Waals surface area contributed by atoms with Gasteiger partial charge in [-0.2, -0.15) is 0 Å². The lowest BCUT2D eigenvalue weighted by Gasteiger charge is -2.52. The van der Waals surface area contributed by atoms with E-state index in [9.17, 15) is 20.4 Å². The molecule has 7 aliphatic rings. The van der Waals surface area contributed by atoms with Crippen LogP contribution < -0.4 is 18.3 Å². The van der Waals surface area contributed by atoms with Crippen molar-refractivity contribution in [2.24, 2.45) is 34.5 Å². The van der Waals surface area contributed by atoms with Gasteiger partial charge in [0.2, 0.25) is 25.3 Å².